The number of nitrogens with one attached hydrogen (secondary N) is 1. The highest BCUT2D eigenvalue weighted by atomic mass is 35.5. The molecular formula is C11H15ClFN. The van der Waals surface area contributed by atoms with Crippen LogP contribution in [0.3, 0.4) is 0 Å². The molecule has 1 nitrogen and oxygen atoms in total. The van der Waals surface area contributed by atoms with Crippen LogP contribution in [0.5, 0.6) is 0 Å². The molecule has 1 rings (SSSR count). The SMILES string of the molecule is CC(Cl)CCNCc1ccc(F)cc1. The van der Waals surface area contributed by atoms with Gasteiger partial charge in [-0.15, -0.1) is 11.6 Å². The van der Waals surface area contributed by atoms with E-state index in [1.165, 1.54) is 12.1 Å². The van der Waals surface area contributed by atoms with Gasteiger partial charge in [0.2, 0.25) is 0 Å². The van der Waals surface area contributed by atoms with Gasteiger partial charge in [-0.1, -0.05) is 12.1 Å². The van der Waals surface area contributed by atoms with Crippen molar-refractivity contribution < 1.29 is 4.39 Å². The van der Waals surface area contributed by atoms with Crippen molar-refractivity contribution in [2.75, 3.05) is 6.54 Å². The molecule has 0 saturated carbocycles. The summed E-state index contributed by atoms with van der Waals surface area (Å²) in [5.41, 5.74) is 1.09. The first kappa shape index (κ1) is 11.5. The smallest absolute Gasteiger partial charge is 0.123 e. The lowest BCUT2D eigenvalue weighted by Crippen LogP contribution is -2.16. The van der Waals surface area contributed by atoms with Gasteiger partial charge in [0, 0.05) is 11.9 Å². The molecule has 1 aromatic rings. The van der Waals surface area contributed by atoms with E-state index in [4.69, 9.17) is 11.6 Å². The lowest BCUT2D eigenvalue weighted by atomic mass is 10.2. The number of alkyl halides is 1. The predicted molar refractivity (Wildman–Crippen MR) is 58.0 cm³/mol. The topological polar surface area (TPSA) is 12.0 Å². The minimum atomic E-state index is -0.192. The lowest BCUT2D eigenvalue weighted by molar-refractivity contribution is 0.622. The van der Waals surface area contributed by atoms with Crippen LogP contribution in [-0.4, -0.2) is 11.9 Å². The van der Waals surface area contributed by atoms with Crippen molar-refractivity contribution in [2.24, 2.45) is 0 Å². The fraction of sp³-hybridized carbons (Fsp3) is 0.455. The van der Waals surface area contributed by atoms with Crippen LogP contribution in [-0.2, 0) is 6.54 Å². The van der Waals surface area contributed by atoms with Crippen molar-refractivity contribution in [1.29, 1.82) is 0 Å². The van der Waals surface area contributed by atoms with Gasteiger partial charge in [-0.3, -0.25) is 0 Å². The van der Waals surface area contributed by atoms with Crippen LogP contribution in [0.25, 0.3) is 0 Å². The molecule has 0 amide bonds. The van der Waals surface area contributed by atoms with Crippen LogP contribution in [0, 0.1) is 5.82 Å². The van der Waals surface area contributed by atoms with E-state index in [0.29, 0.717) is 0 Å². The third-order valence-electron chi connectivity index (χ3n) is 1.96. The second kappa shape index (κ2) is 5.99. The molecule has 0 radical (unpaired) electrons. The van der Waals surface area contributed by atoms with Crippen LogP contribution in [0.4, 0.5) is 4.39 Å². The largest absolute Gasteiger partial charge is 0.313 e. The molecule has 0 aliphatic heterocycles. The zero-order chi connectivity index (χ0) is 10.4. The van der Waals surface area contributed by atoms with Gasteiger partial charge >= 0.3 is 0 Å². The number of hydrogen-bond acceptors (Lipinski definition) is 1. The molecule has 0 aliphatic rings. The van der Waals surface area contributed by atoms with Crippen LogP contribution < -0.4 is 5.32 Å². The maximum atomic E-state index is 12.5. The van der Waals surface area contributed by atoms with Crippen molar-refractivity contribution in [3.63, 3.8) is 0 Å². The van der Waals surface area contributed by atoms with Gasteiger partial charge in [-0.25, -0.2) is 4.39 Å². The van der Waals surface area contributed by atoms with Crippen LogP contribution in [0.15, 0.2) is 24.3 Å². The van der Waals surface area contributed by atoms with Gasteiger partial charge in [0.05, 0.1) is 0 Å². The van der Waals surface area contributed by atoms with Gasteiger partial charge < -0.3 is 5.32 Å². The second-order valence-corrected chi connectivity index (χ2v) is 4.12. The van der Waals surface area contributed by atoms with Crippen LogP contribution in [0.1, 0.15) is 18.9 Å². The quantitative estimate of drug-likeness (QED) is 0.588. The molecule has 1 unspecified atom stereocenters. The summed E-state index contributed by atoms with van der Waals surface area (Å²) in [6.45, 7) is 3.63. The predicted octanol–water partition coefficient (Wildman–Crippen LogP) is 2.93. The normalized spacial score (nSPS) is 12.8. The minimum Gasteiger partial charge on any atom is -0.313 e. The van der Waals surface area contributed by atoms with E-state index >= 15 is 0 Å². The molecule has 0 saturated heterocycles. The first-order chi connectivity index (χ1) is 6.68. The molecule has 0 bridgehead atoms. The minimum absolute atomic E-state index is 0.192. The van der Waals surface area contributed by atoms with E-state index in [1.807, 2.05) is 6.92 Å². The molecule has 0 spiro atoms. The summed E-state index contributed by atoms with van der Waals surface area (Å²) in [5.74, 6) is -0.192. The maximum absolute atomic E-state index is 12.5. The van der Waals surface area contributed by atoms with Gasteiger partial charge in [-0.05, 0) is 37.6 Å². The molecule has 0 fully saturated rings. The fourth-order valence-electron chi connectivity index (χ4n) is 1.14. The molecule has 14 heavy (non-hydrogen) atoms. The summed E-state index contributed by atoms with van der Waals surface area (Å²) in [7, 11) is 0. The molecule has 0 heterocycles. The van der Waals surface area contributed by atoms with E-state index in [2.05, 4.69) is 5.32 Å². The summed E-state index contributed by atoms with van der Waals surface area (Å²) in [5, 5.41) is 3.45. The van der Waals surface area contributed by atoms with Crippen molar-refractivity contribution >= 4 is 11.6 Å². The summed E-state index contributed by atoms with van der Waals surface area (Å²) >= 11 is 5.79. The highest BCUT2D eigenvalue weighted by Gasteiger charge is 1.96. The Kier molecular flexibility index (Phi) is 4.91. The van der Waals surface area contributed by atoms with E-state index < -0.39 is 0 Å². The average molecular weight is 216 g/mol. The Morgan fingerprint density at radius 1 is 1.36 bits per heavy atom. The van der Waals surface area contributed by atoms with Gasteiger partial charge in [0.25, 0.3) is 0 Å². The summed E-state index contributed by atoms with van der Waals surface area (Å²) in [6.07, 6.45) is 0.947. The third kappa shape index (κ3) is 4.58. The summed E-state index contributed by atoms with van der Waals surface area (Å²) in [6, 6.07) is 6.52. The number of rotatable bonds is 5. The van der Waals surface area contributed by atoms with Crippen molar-refractivity contribution in [3.05, 3.63) is 35.6 Å². The zero-order valence-corrected chi connectivity index (χ0v) is 9.02. The number of halogens is 2. The van der Waals surface area contributed by atoms with Crippen LogP contribution in [0.2, 0.25) is 0 Å². The first-order valence-corrected chi connectivity index (χ1v) is 5.21. The van der Waals surface area contributed by atoms with Gasteiger partial charge in [-0.2, -0.15) is 0 Å². The Morgan fingerprint density at radius 2 is 2.00 bits per heavy atom. The highest BCUT2D eigenvalue weighted by molar-refractivity contribution is 6.20. The van der Waals surface area contributed by atoms with Gasteiger partial charge in [0.1, 0.15) is 5.82 Å². The Labute approximate surface area is 89.3 Å². The Hall–Kier alpha value is -0.600. The Balaban J connectivity index is 2.21. The van der Waals surface area contributed by atoms with Crippen LogP contribution >= 0.6 is 11.6 Å². The third-order valence-corrected chi connectivity index (χ3v) is 2.18. The molecular weight excluding hydrogens is 201 g/mol. The first-order valence-electron chi connectivity index (χ1n) is 4.77. The van der Waals surface area contributed by atoms with Crippen molar-refractivity contribution in [1.82, 2.24) is 5.32 Å². The monoisotopic (exact) mass is 215 g/mol. The van der Waals surface area contributed by atoms with E-state index in [-0.39, 0.29) is 11.2 Å². The zero-order valence-electron chi connectivity index (χ0n) is 8.26. The van der Waals surface area contributed by atoms with E-state index in [9.17, 15) is 4.39 Å². The average Bonchev–Trinajstić information content (AvgIpc) is 2.15. The van der Waals surface area contributed by atoms with Crippen molar-refractivity contribution in [3.8, 4) is 0 Å². The second-order valence-electron chi connectivity index (χ2n) is 3.37. The summed E-state index contributed by atoms with van der Waals surface area (Å²) in [4.78, 5) is 0. The standard InChI is InChI=1S/C11H15ClFN/c1-9(12)6-7-14-8-10-2-4-11(13)5-3-10/h2-5,9,14H,6-8H2,1H3. The molecule has 0 aliphatic carbocycles. The maximum Gasteiger partial charge on any atom is 0.123 e. The number of benzene rings is 1. The molecule has 1 aromatic carbocycles. The highest BCUT2D eigenvalue weighted by Crippen LogP contribution is 2.02. The molecule has 0 aromatic heterocycles. The molecule has 1 N–H and O–H groups in total. The lowest BCUT2D eigenvalue weighted by Gasteiger charge is -2.05. The fourth-order valence-corrected chi connectivity index (χ4v) is 1.25. The molecule has 3 heteroatoms. The molecule has 1 atom stereocenters. The summed E-state index contributed by atoms with van der Waals surface area (Å²) < 4.78 is 12.5. The Morgan fingerprint density at radius 3 is 2.57 bits per heavy atom. The Bertz CT molecular complexity index is 258. The van der Waals surface area contributed by atoms with E-state index in [1.54, 1.807) is 12.1 Å². The van der Waals surface area contributed by atoms with Gasteiger partial charge in [0.15, 0.2) is 0 Å². The number of hydrogen-bond donors (Lipinski definition) is 1. The van der Waals surface area contributed by atoms with E-state index in [0.717, 1.165) is 25.1 Å². The van der Waals surface area contributed by atoms with Crippen molar-refractivity contribution in [2.45, 2.75) is 25.3 Å². The molecule has 78 valence electrons.